The van der Waals surface area contributed by atoms with E-state index in [9.17, 15) is 0 Å². The van der Waals surface area contributed by atoms with Crippen LogP contribution in [-0.4, -0.2) is 64.9 Å². The van der Waals surface area contributed by atoms with Crippen molar-refractivity contribution in [2.45, 2.75) is 19.4 Å². The molecule has 0 aliphatic carbocycles. The van der Waals surface area contributed by atoms with E-state index in [1.54, 1.807) is 0 Å². The summed E-state index contributed by atoms with van der Waals surface area (Å²) in [6.07, 6.45) is 4.87. The van der Waals surface area contributed by atoms with E-state index in [-0.39, 0.29) is 6.04 Å². The molecule has 3 aliphatic heterocycles. The van der Waals surface area contributed by atoms with E-state index in [0.29, 0.717) is 12.5 Å². The van der Waals surface area contributed by atoms with E-state index in [1.165, 1.54) is 11.5 Å². The predicted molar refractivity (Wildman–Crippen MR) is 102 cm³/mol. The van der Waals surface area contributed by atoms with Crippen molar-refractivity contribution in [2.75, 3.05) is 32.0 Å². The van der Waals surface area contributed by atoms with Gasteiger partial charge in [0.05, 0.1) is 24.0 Å². The third kappa shape index (κ3) is 3.16. The molecular formula is C16H22N8S. The van der Waals surface area contributed by atoms with Gasteiger partial charge in [-0.15, -0.1) is 0 Å². The average molecular weight is 358 g/mol. The molecule has 3 N–H and O–H groups in total. The Bertz CT molecular complexity index is 777. The standard InChI is InChI=1S/C16H22N8S/c1-10-5-14(25-22-10)21-15-16-18-7-13(11-6-19-23(2)8-11)24(16)9-12(20-15)3-4-17/h5-6,9,11,13H,3-4,7-8,17H2,1-2H3,(H,20,21). The fourth-order valence-electron chi connectivity index (χ4n) is 3.30. The number of aryl methyl sites for hydroxylation is 1. The summed E-state index contributed by atoms with van der Waals surface area (Å²) in [5, 5.41) is 10.7. The summed E-state index contributed by atoms with van der Waals surface area (Å²) < 4.78 is 4.32. The lowest BCUT2D eigenvalue weighted by Crippen LogP contribution is -2.45. The summed E-state index contributed by atoms with van der Waals surface area (Å²) in [5.74, 6) is 2.02. The van der Waals surface area contributed by atoms with Gasteiger partial charge in [-0.05, 0) is 31.1 Å². The number of aromatic nitrogens is 1. The van der Waals surface area contributed by atoms with Gasteiger partial charge in [0.2, 0.25) is 0 Å². The van der Waals surface area contributed by atoms with Crippen LogP contribution >= 0.6 is 11.5 Å². The SMILES string of the molecule is Cc1cc(NC2=NC(CCN)=CN3C2=NCC3C2C=NN(C)C2)sn1. The molecule has 0 amide bonds. The van der Waals surface area contributed by atoms with Crippen LogP contribution in [0.15, 0.2) is 33.0 Å². The van der Waals surface area contributed by atoms with Crippen LogP contribution in [0.3, 0.4) is 0 Å². The first-order valence-corrected chi connectivity index (χ1v) is 9.19. The molecule has 0 spiro atoms. The number of anilines is 1. The summed E-state index contributed by atoms with van der Waals surface area (Å²) in [7, 11) is 2.00. The molecule has 0 fully saturated rings. The first-order chi connectivity index (χ1) is 12.1. The quantitative estimate of drug-likeness (QED) is 0.840. The molecule has 0 saturated heterocycles. The van der Waals surface area contributed by atoms with Crippen LogP contribution in [0.25, 0.3) is 0 Å². The summed E-state index contributed by atoms with van der Waals surface area (Å²) in [5.41, 5.74) is 7.73. The highest BCUT2D eigenvalue weighted by Gasteiger charge is 2.38. The molecule has 2 unspecified atom stereocenters. The van der Waals surface area contributed by atoms with Crippen molar-refractivity contribution in [1.82, 2.24) is 14.3 Å². The molecule has 132 valence electrons. The first kappa shape index (κ1) is 16.2. The third-order valence-corrected chi connectivity index (χ3v) is 5.28. The number of aliphatic imine (C=N–C) groups is 2. The Labute approximate surface area is 151 Å². The minimum atomic E-state index is 0.270. The Hall–Kier alpha value is -2.26. The number of hydrogen-bond acceptors (Lipinski definition) is 9. The number of nitrogens with zero attached hydrogens (tertiary/aromatic N) is 6. The summed E-state index contributed by atoms with van der Waals surface area (Å²) in [6.45, 7) is 4.21. The van der Waals surface area contributed by atoms with E-state index in [1.807, 2.05) is 31.3 Å². The van der Waals surface area contributed by atoms with E-state index >= 15 is 0 Å². The van der Waals surface area contributed by atoms with Crippen LogP contribution in [0.4, 0.5) is 5.00 Å². The number of hydrogen-bond donors (Lipinski definition) is 2. The Kier molecular flexibility index (Phi) is 4.26. The Balaban J connectivity index is 1.60. The highest BCUT2D eigenvalue weighted by atomic mass is 32.1. The minimum absolute atomic E-state index is 0.270. The van der Waals surface area contributed by atoms with Gasteiger partial charge in [0.1, 0.15) is 5.00 Å². The van der Waals surface area contributed by atoms with Crippen molar-refractivity contribution in [2.24, 2.45) is 26.7 Å². The summed E-state index contributed by atoms with van der Waals surface area (Å²) in [6, 6.07) is 2.29. The van der Waals surface area contributed by atoms with Crippen molar-refractivity contribution in [1.29, 1.82) is 0 Å². The Morgan fingerprint density at radius 1 is 1.44 bits per heavy atom. The first-order valence-electron chi connectivity index (χ1n) is 8.42. The molecule has 4 rings (SSSR count). The van der Waals surface area contributed by atoms with E-state index in [4.69, 9.17) is 15.7 Å². The average Bonchev–Trinajstić information content (AvgIpc) is 3.28. The van der Waals surface area contributed by atoms with Gasteiger partial charge in [-0.2, -0.15) is 9.47 Å². The van der Waals surface area contributed by atoms with Crippen molar-refractivity contribution in [3.05, 3.63) is 23.7 Å². The number of nitrogens with one attached hydrogen (secondary N) is 1. The van der Waals surface area contributed by atoms with Crippen LogP contribution in [0.1, 0.15) is 12.1 Å². The van der Waals surface area contributed by atoms with Crippen LogP contribution in [0, 0.1) is 12.8 Å². The fraction of sp³-hybridized carbons (Fsp3) is 0.500. The van der Waals surface area contributed by atoms with Crippen LogP contribution in [-0.2, 0) is 0 Å². The van der Waals surface area contributed by atoms with Gasteiger partial charge in [-0.25, -0.2) is 4.99 Å². The molecule has 8 nitrogen and oxygen atoms in total. The van der Waals surface area contributed by atoms with Crippen molar-refractivity contribution < 1.29 is 0 Å². The van der Waals surface area contributed by atoms with Gasteiger partial charge in [0.15, 0.2) is 11.7 Å². The van der Waals surface area contributed by atoms with E-state index < -0.39 is 0 Å². The molecule has 0 aromatic carbocycles. The molecule has 2 atom stereocenters. The fourth-order valence-corrected chi connectivity index (χ4v) is 3.96. The number of fused-ring (bicyclic) bond motifs is 1. The second-order valence-electron chi connectivity index (χ2n) is 6.48. The van der Waals surface area contributed by atoms with Crippen LogP contribution in [0.5, 0.6) is 0 Å². The highest BCUT2D eigenvalue weighted by Crippen LogP contribution is 2.27. The van der Waals surface area contributed by atoms with E-state index in [0.717, 1.165) is 47.6 Å². The maximum absolute atomic E-state index is 5.76. The number of rotatable bonds is 4. The lowest BCUT2D eigenvalue weighted by Gasteiger charge is -2.31. The highest BCUT2D eigenvalue weighted by molar-refractivity contribution is 7.10. The van der Waals surface area contributed by atoms with E-state index in [2.05, 4.69) is 25.9 Å². The molecule has 1 aromatic rings. The van der Waals surface area contributed by atoms with Gasteiger partial charge < -0.3 is 16.0 Å². The molecule has 1 aromatic heterocycles. The zero-order valence-electron chi connectivity index (χ0n) is 14.4. The summed E-state index contributed by atoms with van der Waals surface area (Å²) in [4.78, 5) is 11.7. The Morgan fingerprint density at radius 2 is 2.32 bits per heavy atom. The molecule has 3 aliphatic rings. The van der Waals surface area contributed by atoms with Crippen LogP contribution in [0.2, 0.25) is 0 Å². The minimum Gasteiger partial charge on any atom is -0.330 e. The topological polar surface area (TPSA) is 94.5 Å². The van der Waals surface area contributed by atoms with Gasteiger partial charge in [0, 0.05) is 38.3 Å². The zero-order valence-corrected chi connectivity index (χ0v) is 15.2. The predicted octanol–water partition coefficient (Wildman–Crippen LogP) is 1.10. The Morgan fingerprint density at radius 3 is 3.00 bits per heavy atom. The normalized spacial score (nSPS) is 25.0. The monoisotopic (exact) mass is 358 g/mol. The second-order valence-corrected chi connectivity index (χ2v) is 7.29. The lowest BCUT2D eigenvalue weighted by molar-refractivity contribution is 0.298. The number of hydrazone groups is 1. The maximum atomic E-state index is 5.76. The van der Waals surface area contributed by atoms with Gasteiger partial charge >= 0.3 is 0 Å². The van der Waals surface area contributed by atoms with Gasteiger partial charge in [0.25, 0.3) is 0 Å². The van der Waals surface area contributed by atoms with Crippen molar-refractivity contribution >= 4 is 34.4 Å². The maximum Gasteiger partial charge on any atom is 0.174 e. The zero-order chi connectivity index (χ0) is 17.4. The molecule has 4 heterocycles. The molecule has 0 bridgehead atoms. The number of amidine groups is 2. The number of nitrogens with two attached hydrogens (primary N) is 1. The van der Waals surface area contributed by atoms with Crippen molar-refractivity contribution in [3.63, 3.8) is 0 Å². The molecule has 9 heteroatoms. The smallest absolute Gasteiger partial charge is 0.174 e. The lowest BCUT2D eigenvalue weighted by atomic mass is 10.0. The second kappa shape index (κ2) is 6.57. The largest absolute Gasteiger partial charge is 0.330 e. The van der Waals surface area contributed by atoms with Crippen molar-refractivity contribution in [3.8, 4) is 0 Å². The van der Waals surface area contributed by atoms with Gasteiger partial charge in [-0.3, -0.25) is 10.0 Å². The summed E-state index contributed by atoms with van der Waals surface area (Å²) >= 11 is 1.43. The molecule has 0 saturated carbocycles. The molecule has 25 heavy (non-hydrogen) atoms. The molecule has 0 radical (unpaired) electrons. The third-order valence-electron chi connectivity index (χ3n) is 4.48. The molecular weight excluding hydrogens is 336 g/mol. The van der Waals surface area contributed by atoms with Gasteiger partial charge in [-0.1, -0.05) is 0 Å². The van der Waals surface area contributed by atoms with Crippen LogP contribution < -0.4 is 11.1 Å².